The van der Waals surface area contributed by atoms with Crippen molar-refractivity contribution in [3.8, 4) is 11.5 Å². The maximum Gasteiger partial charge on any atom is 0.302 e. The number of amides is 1. The number of phenolic OH excluding ortho intramolecular Hbond substituents is 1. The first-order valence-electron chi connectivity index (χ1n) is 16.1. The van der Waals surface area contributed by atoms with Crippen LogP contribution in [0, 0.1) is 11.8 Å². The molecule has 5 unspecified atom stereocenters. The molecule has 0 bridgehead atoms. The van der Waals surface area contributed by atoms with Gasteiger partial charge in [-0.05, 0) is 62.5 Å². The average Bonchev–Trinajstić information content (AvgIpc) is 3.48. The largest absolute Gasteiger partial charge is 0.504 e. The van der Waals surface area contributed by atoms with E-state index in [4.69, 9.17) is 20.9 Å². The maximum absolute atomic E-state index is 12.9. The van der Waals surface area contributed by atoms with Gasteiger partial charge in [0.15, 0.2) is 17.5 Å². The number of hydrogen-bond acceptors (Lipinski definition) is 7. The van der Waals surface area contributed by atoms with Crippen LogP contribution in [0.4, 0.5) is 0 Å². The van der Waals surface area contributed by atoms with Gasteiger partial charge in [0.1, 0.15) is 12.2 Å². The van der Waals surface area contributed by atoms with E-state index in [0.29, 0.717) is 68.8 Å². The normalized spacial score (nSPS) is 22.3. The van der Waals surface area contributed by atoms with Gasteiger partial charge in [-0.25, -0.2) is 0 Å². The van der Waals surface area contributed by atoms with Gasteiger partial charge in [0.05, 0.1) is 6.10 Å². The van der Waals surface area contributed by atoms with Crippen LogP contribution in [-0.4, -0.2) is 64.4 Å². The first-order valence-corrected chi connectivity index (χ1v) is 16.1. The first-order chi connectivity index (χ1) is 20.6. The van der Waals surface area contributed by atoms with Crippen molar-refractivity contribution in [1.29, 1.82) is 0 Å². The second-order valence-electron chi connectivity index (χ2n) is 12.5. The molecule has 3 aliphatic rings. The van der Waals surface area contributed by atoms with Crippen LogP contribution in [0.15, 0.2) is 17.1 Å². The minimum Gasteiger partial charge on any atom is -0.504 e. The monoisotopic (exact) mass is 598 g/mol. The van der Waals surface area contributed by atoms with E-state index in [-0.39, 0.29) is 42.2 Å². The summed E-state index contributed by atoms with van der Waals surface area (Å²) in [5, 5.41) is 22.1. The number of ether oxygens (including phenoxy) is 2. The van der Waals surface area contributed by atoms with E-state index in [1.165, 1.54) is 6.92 Å². The lowest BCUT2D eigenvalue weighted by Crippen LogP contribution is -2.26. The number of phenols is 1. The van der Waals surface area contributed by atoms with Gasteiger partial charge in [-0.1, -0.05) is 38.3 Å². The highest BCUT2D eigenvalue weighted by molar-refractivity contribution is 5.79. The standard InChI is InChI=1S/C33H50N4O6/c1-3-4-5-8-26(39)18-27(42-21(2)38)12-10-24-17-25(20-37-19-22(16-30(37)40)14-15-36-33(34)35)31(41)32-28(24)13-11-23-7-6-9-29(23)43-32/h11,13,17,22-23,26-27,29,39,41H,3-10,12,14-16,18-20H2,1-2H3,(H4,34,35,36). The van der Waals surface area contributed by atoms with Crippen molar-refractivity contribution in [3.05, 3.63) is 28.8 Å². The number of aliphatic imine (C=N–C) groups is 1. The Morgan fingerprint density at radius 1 is 1.23 bits per heavy atom. The number of fused-ring (bicyclic) bond motifs is 2. The van der Waals surface area contributed by atoms with E-state index < -0.39 is 12.2 Å². The third-order valence-electron chi connectivity index (χ3n) is 8.97. The Morgan fingerprint density at radius 3 is 2.79 bits per heavy atom. The predicted octanol–water partition coefficient (Wildman–Crippen LogP) is 4.17. The number of esters is 1. The number of aromatic hydroxyl groups is 1. The summed E-state index contributed by atoms with van der Waals surface area (Å²) in [7, 11) is 0. The Kier molecular flexibility index (Phi) is 11.7. The first kappa shape index (κ1) is 32.6. The van der Waals surface area contributed by atoms with E-state index in [0.717, 1.165) is 49.7 Å². The predicted molar refractivity (Wildman–Crippen MR) is 166 cm³/mol. The summed E-state index contributed by atoms with van der Waals surface area (Å²) in [5.74, 6) is 0.701. The van der Waals surface area contributed by atoms with E-state index in [9.17, 15) is 19.8 Å². The van der Waals surface area contributed by atoms with Gasteiger partial charge in [-0.3, -0.25) is 14.6 Å². The molecule has 4 rings (SSSR count). The molecule has 6 N–H and O–H groups in total. The van der Waals surface area contributed by atoms with Crippen molar-refractivity contribution in [1.82, 2.24) is 4.90 Å². The van der Waals surface area contributed by atoms with Gasteiger partial charge in [0, 0.05) is 56.4 Å². The molecule has 1 amide bonds. The zero-order chi connectivity index (χ0) is 30.9. The van der Waals surface area contributed by atoms with Gasteiger partial charge < -0.3 is 36.1 Å². The Hall–Kier alpha value is -3.27. The summed E-state index contributed by atoms with van der Waals surface area (Å²) in [5.41, 5.74) is 13.3. The Bertz CT molecular complexity index is 1180. The van der Waals surface area contributed by atoms with Crippen molar-refractivity contribution in [3.63, 3.8) is 0 Å². The molecule has 2 heterocycles. The van der Waals surface area contributed by atoms with Crippen LogP contribution in [0.3, 0.4) is 0 Å². The number of aryl methyl sites for hydroxylation is 1. The van der Waals surface area contributed by atoms with Gasteiger partial charge >= 0.3 is 5.97 Å². The Balaban J connectivity index is 1.55. The van der Waals surface area contributed by atoms with Gasteiger partial charge in [0.25, 0.3) is 0 Å². The van der Waals surface area contributed by atoms with Crippen LogP contribution in [0.1, 0.15) is 101 Å². The lowest BCUT2D eigenvalue weighted by Gasteiger charge is -2.24. The summed E-state index contributed by atoms with van der Waals surface area (Å²) in [4.78, 5) is 30.7. The molecule has 0 aromatic heterocycles. The lowest BCUT2D eigenvalue weighted by atomic mass is 9.94. The van der Waals surface area contributed by atoms with Crippen LogP contribution in [0.5, 0.6) is 11.5 Å². The second kappa shape index (κ2) is 15.5. The number of hydrogen-bond donors (Lipinski definition) is 4. The molecule has 0 spiro atoms. The molecule has 1 aromatic rings. The molecule has 238 valence electrons. The van der Waals surface area contributed by atoms with Crippen molar-refractivity contribution in [2.45, 2.75) is 116 Å². The number of nitrogens with two attached hydrogens (primary N) is 2. The van der Waals surface area contributed by atoms with Crippen molar-refractivity contribution in [2.24, 2.45) is 28.3 Å². The number of carbonyl (C=O) groups is 2. The number of carbonyl (C=O) groups excluding carboxylic acids is 2. The number of benzene rings is 1. The molecule has 1 aromatic carbocycles. The maximum atomic E-state index is 12.9. The zero-order valence-corrected chi connectivity index (χ0v) is 25.8. The minimum atomic E-state index is -0.535. The topological polar surface area (TPSA) is 161 Å². The number of unbranched alkanes of at least 4 members (excludes halogenated alkanes) is 2. The summed E-state index contributed by atoms with van der Waals surface area (Å²) >= 11 is 0. The van der Waals surface area contributed by atoms with E-state index in [2.05, 4.69) is 24.1 Å². The van der Waals surface area contributed by atoms with Crippen LogP contribution < -0.4 is 16.2 Å². The molecule has 10 heteroatoms. The number of aliphatic hydroxyl groups excluding tert-OH is 1. The molecule has 1 saturated carbocycles. The van der Waals surface area contributed by atoms with E-state index in [1.54, 1.807) is 4.90 Å². The number of rotatable bonds is 15. The fourth-order valence-corrected chi connectivity index (χ4v) is 6.71. The second-order valence-corrected chi connectivity index (χ2v) is 12.5. The van der Waals surface area contributed by atoms with Crippen LogP contribution in [0.25, 0.3) is 6.08 Å². The molecule has 1 aliphatic carbocycles. The highest BCUT2D eigenvalue weighted by atomic mass is 16.5. The number of guanidine groups is 1. The van der Waals surface area contributed by atoms with Crippen LogP contribution >= 0.6 is 0 Å². The fraction of sp³-hybridized carbons (Fsp3) is 0.667. The third-order valence-corrected chi connectivity index (χ3v) is 8.97. The molecule has 1 saturated heterocycles. The highest BCUT2D eigenvalue weighted by Gasteiger charge is 2.34. The van der Waals surface area contributed by atoms with Gasteiger partial charge in [-0.2, -0.15) is 0 Å². The van der Waals surface area contributed by atoms with Gasteiger partial charge in [-0.15, -0.1) is 0 Å². The van der Waals surface area contributed by atoms with Crippen LogP contribution in [-0.2, 0) is 27.3 Å². The summed E-state index contributed by atoms with van der Waals surface area (Å²) in [6.45, 7) is 4.84. The third kappa shape index (κ3) is 9.11. The van der Waals surface area contributed by atoms with E-state index >= 15 is 0 Å². The summed E-state index contributed by atoms with van der Waals surface area (Å²) in [6, 6.07) is 1.96. The highest BCUT2D eigenvalue weighted by Crippen LogP contribution is 2.45. The van der Waals surface area contributed by atoms with E-state index in [1.807, 2.05) is 6.07 Å². The SMILES string of the molecule is CCCCCC(O)CC(CCc1cc(CN2CC(CCN=C(N)N)CC2=O)c(O)c2c1C=CC1CCCC1O2)OC(C)=O. The van der Waals surface area contributed by atoms with Crippen LogP contribution in [0.2, 0.25) is 0 Å². The van der Waals surface area contributed by atoms with Gasteiger partial charge in [0.2, 0.25) is 5.91 Å². The molecular formula is C33H50N4O6. The molecule has 2 fully saturated rings. The smallest absolute Gasteiger partial charge is 0.302 e. The summed E-state index contributed by atoms with van der Waals surface area (Å²) in [6.07, 6.45) is 12.7. The molecule has 5 atom stereocenters. The molecule has 43 heavy (non-hydrogen) atoms. The zero-order valence-electron chi connectivity index (χ0n) is 25.8. The lowest BCUT2D eigenvalue weighted by molar-refractivity contribution is -0.148. The average molecular weight is 599 g/mol. The number of nitrogens with zero attached hydrogens (tertiary/aromatic N) is 2. The van der Waals surface area contributed by atoms with Crippen molar-refractivity contribution < 1.29 is 29.3 Å². The minimum absolute atomic E-state index is 0.00639. The number of aliphatic hydroxyl groups is 1. The molecule has 10 nitrogen and oxygen atoms in total. The van der Waals surface area contributed by atoms with Crippen molar-refractivity contribution in [2.75, 3.05) is 13.1 Å². The Labute approximate surface area is 255 Å². The fourth-order valence-electron chi connectivity index (χ4n) is 6.71. The molecule has 0 radical (unpaired) electrons. The van der Waals surface area contributed by atoms with Crippen molar-refractivity contribution >= 4 is 23.9 Å². The quantitative estimate of drug-likeness (QED) is 0.101. The Morgan fingerprint density at radius 2 is 2.05 bits per heavy atom. The summed E-state index contributed by atoms with van der Waals surface area (Å²) < 4.78 is 12.1. The molecular weight excluding hydrogens is 548 g/mol. The number of likely N-dealkylation sites (tertiary alicyclic amines) is 1. The molecule has 2 aliphatic heterocycles.